The Bertz CT molecular complexity index is 1550. The van der Waals surface area contributed by atoms with Gasteiger partial charge >= 0.3 is 0 Å². The van der Waals surface area contributed by atoms with Crippen molar-refractivity contribution in [3.8, 4) is 22.9 Å². The smallest absolute Gasteiger partial charge is 0.266 e. The van der Waals surface area contributed by atoms with Crippen molar-refractivity contribution < 1.29 is 10.2 Å². The molecule has 0 saturated carbocycles. The first-order valence-electron chi connectivity index (χ1n) is 9.72. The maximum atomic E-state index is 13.0. The van der Waals surface area contributed by atoms with Gasteiger partial charge in [0.2, 0.25) is 0 Å². The number of hydrogen-bond donors (Lipinski definition) is 2. The Morgan fingerprint density at radius 3 is 1.09 bits per heavy atom. The highest BCUT2D eigenvalue weighted by Crippen LogP contribution is 2.21. The summed E-state index contributed by atoms with van der Waals surface area (Å²) in [5.41, 5.74) is -0.890. The topological polar surface area (TPSA) is 119 Å². The Kier molecular flexibility index (Phi) is 3.97. The summed E-state index contributed by atoms with van der Waals surface area (Å²) in [6, 6.07) is 11.3. The van der Waals surface area contributed by atoms with E-state index in [0.717, 1.165) is 9.13 Å². The lowest BCUT2D eigenvalue weighted by atomic mass is 10.1. The fraction of sp³-hybridized carbons (Fsp3) is 0.0833. The van der Waals surface area contributed by atoms with Gasteiger partial charge in [-0.05, 0) is 61.4 Å². The molecule has 0 saturated heterocycles. The third-order valence-corrected chi connectivity index (χ3v) is 5.50. The van der Waals surface area contributed by atoms with Gasteiger partial charge in [0.1, 0.15) is 11.5 Å². The predicted molar refractivity (Wildman–Crippen MR) is 120 cm³/mol. The zero-order valence-electron chi connectivity index (χ0n) is 17.0. The van der Waals surface area contributed by atoms with Crippen LogP contribution in [0.5, 0.6) is 11.5 Å². The highest BCUT2D eigenvalue weighted by Gasteiger charge is 2.21. The molecule has 0 aliphatic carbocycles. The highest BCUT2D eigenvalue weighted by molar-refractivity contribution is 5.98. The van der Waals surface area contributed by atoms with Crippen molar-refractivity contribution in [3.05, 3.63) is 101 Å². The van der Waals surface area contributed by atoms with Crippen LogP contribution in [0.1, 0.15) is 11.1 Å². The van der Waals surface area contributed by atoms with E-state index < -0.39 is 22.2 Å². The second kappa shape index (κ2) is 6.52. The molecule has 8 nitrogen and oxygen atoms in total. The molecule has 5 aromatic rings. The number of hydrogen-bond acceptors (Lipinski definition) is 6. The molecule has 0 aliphatic rings. The zero-order valence-corrected chi connectivity index (χ0v) is 17.0. The van der Waals surface area contributed by atoms with Gasteiger partial charge in [-0.1, -0.05) is 0 Å². The lowest BCUT2D eigenvalue weighted by Gasteiger charge is -2.03. The van der Waals surface area contributed by atoms with Crippen molar-refractivity contribution in [1.82, 2.24) is 9.13 Å². The minimum Gasteiger partial charge on any atom is -0.508 e. The predicted octanol–water partition coefficient (Wildman–Crippen LogP) is 1.92. The molecule has 3 aromatic carbocycles. The van der Waals surface area contributed by atoms with Crippen molar-refractivity contribution >= 4 is 21.5 Å². The van der Waals surface area contributed by atoms with Crippen molar-refractivity contribution in [3.63, 3.8) is 0 Å². The number of fused-ring (bicyclic) bond motifs is 2. The summed E-state index contributed by atoms with van der Waals surface area (Å²) >= 11 is 0. The first-order valence-corrected chi connectivity index (χ1v) is 9.72. The molecule has 2 aromatic heterocycles. The van der Waals surface area contributed by atoms with E-state index in [1.807, 2.05) is 0 Å². The van der Waals surface area contributed by atoms with Crippen LogP contribution in [0.3, 0.4) is 0 Å². The van der Waals surface area contributed by atoms with Gasteiger partial charge in [-0.15, -0.1) is 0 Å². The van der Waals surface area contributed by atoms with Crippen LogP contribution in [0.25, 0.3) is 32.9 Å². The average Bonchev–Trinajstić information content (AvgIpc) is 3.09. The van der Waals surface area contributed by atoms with Crippen LogP contribution in [0, 0.1) is 13.8 Å². The van der Waals surface area contributed by atoms with Crippen LogP contribution in [0.15, 0.2) is 67.7 Å². The van der Waals surface area contributed by atoms with Gasteiger partial charge < -0.3 is 10.2 Å². The molecule has 0 fully saturated rings. The van der Waals surface area contributed by atoms with Gasteiger partial charge in [-0.25, -0.2) is 9.13 Å². The van der Waals surface area contributed by atoms with Gasteiger partial charge in [0, 0.05) is 12.1 Å². The zero-order chi connectivity index (χ0) is 22.9. The van der Waals surface area contributed by atoms with Crippen LogP contribution < -0.4 is 22.2 Å². The van der Waals surface area contributed by atoms with E-state index in [1.54, 1.807) is 26.0 Å². The summed E-state index contributed by atoms with van der Waals surface area (Å²) in [4.78, 5) is 52.2. The van der Waals surface area contributed by atoms with E-state index in [-0.39, 0.29) is 44.4 Å². The van der Waals surface area contributed by atoms with Crippen LogP contribution in [0.4, 0.5) is 0 Å². The summed E-state index contributed by atoms with van der Waals surface area (Å²) < 4.78 is 1.83. The van der Waals surface area contributed by atoms with E-state index >= 15 is 0 Å². The third kappa shape index (κ3) is 2.70. The Hall–Kier alpha value is -4.46. The molecule has 0 aliphatic heterocycles. The normalized spacial score (nSPS) is 11.6. The Balaban J connectivity index is 1.85. The van der Waals surface area contributed by atoms with Crippen LogP contribution in [0.2, 0.25) is 0 Å². The largest absolute Gasteiger partial charge is 0.508 e. The number of aromatic nitrogens is 2. The minimum absolute atomic E-state index is 0.00448. The molecule has 2 N–H and O–H groups in total. The van der Waals surface area contributed by atoms with Crippen molar-refractivity contribution in [2.75, 3.05) is 0 Å². The Labute approximate surface area is 179 Å². The molecule has 0 atom stereocenters. The third-order valence-electron chi connectivity index (χ3n) is 5.50. The number of rotatable bonds is 2. The summed E-state index contributed by atoms with van der Waals surface area (Å²) in [5.74, 6) is -0.192. The second-order valence-electron chi connectivity index (χ2n) is 7.89. The Morgan fingerprint density at radius 2 is 0.812 bits per heavy atom. The number of aryl methyl sites for hydroxylation is 2. The van der Waals surface area contributed by atoms with Gasteiger partial charge in [0.25, 0.3) is 22.2 Å². The standard InChI is InChI=1S/C24H16N2O6/c1-11-3-13(7-15(27)5-11)25-21(29)17-9-19-20(10-18(17)22(25)30)24(32)26(23(19)31)14-4-12(2)6-16(28)8-14/h3-10,27-28H,1-2H3. The average molecular weight is 428 g/mol. The van der Waals surface area contributed by atoms with Gasteiger partial charge in [-0.2, -0.15) is 0 Å². The number of aromatic hydroxyl groups is 2. The summed E-state index contributed by atoms with van der Waals surface area (Å²) in [7, 11) is 0. The van der Waals surface area contributed by atoms with Crippen LogP contribution in [-0.4, -0.2) is 19.3 Å². The van der Waals surface area contributed by atoms with E-state index in [1.165, 1.54) is 36.4 Å². The number of phenols is 2. The van der Waals surface area contributed by atoms with E-state index in [0.29, 0.717) is 11.1 Å². The molecule has 158 valence electrons. The van der Waals surface area contributed by atoms with Crippen LogP contribution >= 0.6 is 0 Å². The van der Waals surface area contributed by atoms with E-state index in [9.17, 15) is 29.4 Å². The number of phenolic OH excluding ortho intramolecular Hbond substituents is 2. The van der Waals surface area contributed by atoms with Crippen molar-refractivity contribution in [1.29, 1.82) is 0 Å². The molecule has 2 heterocycles. The van der Waals surface area contributed by atoms with Crippen molar-refractivity contribution in [2.24, 2.45) is 0 Å². The second-order valence-corrected chi connectivity index (χ2v) is 7.89. The maximum absolute atomic E-state index is 13.0. The minimum atomic E-state index is -0.648. The summed E-state index contributed by atoms with van der Waals surface area (Å²) in [5, 5.41) is 19.7. The number of nitrogens with zero attached hydrogens (tertiary/aromatic N) is 2. The monoisotopic (exact) mass is 428 g/mol. The first-order chi connectivity index (χ1) is 15.2. The molecule has 32 heavy (non-hydrogen) atoms. The maximum Gasteiger partial charge on any atom is 0.266 e. The van der Waals surface area contributed by atoms with Gasteiger partial charge in [-0.3, -0.25) is 19.2 Å². The molecule has 0 unspecified atom stereocenters. The lowest BCUT2D eigenvalue weighted by molar-refractivity contribution is 0.474. The molecule has 0 spiro atoms. The van der Waals surface area contributed by atoms with E-state index in [4.69, 9.17) is 0 Å². The fourth-order valence-electron chi connectivity index (χ4n) is 4.19. The SMILES string of the molecule is Cc1cc(O)cc(-n2c(=O)c3cc4c(=O)n(-c5cc(C)cc(O)c5)c(=O)c4cc3c2=O)c1. The van der Waals surface area contributed by atoms with Crippen molar-refractivity contribution in [2.45, 2.75) is 13.8 Å². The number of benzene rings is 3. The van der Waals surface area contributed by atoms with Gasteiger partial charge in [0.05, 0.1) is 32.9 Å². The molecule has 0 radical (unpaired) electrons. The Morgan fingerprint density at radius 1 is 0.500 bits per heavy atom. The first kappa shape index (κ1) is 19.5. The lowest BCUT2D eigenvalue weighted by Crippen LogP contribution is -2.24. The molecule has 0 amide bonds. The van der Waals surface area contributed by atoms with Crippen LogP contribution in [-0.2, 0) is 0 Å². The fourth-order valence-corrected chi connectivity index (χ4v) is 4.19. The van der Waals surface area contributed by atoms with E-state index in [2.05, 4.69) is 0 Å². The summed E-state index contributed by atoms with van der Waals surface area (Å²) in [6.07, 6.45) is 0. The molecule has 5 rings (SSSR count). The molecule has 8 heteroatoms. The van der Waals surface area contributed by atoms with Gasteiger partial charge in [0.15, 0.2) is 0 Å². The summed E-state index contributed by atoms with van der Waals surface area (Å²) in [6.45, 7) is 3.43. The molecular formula is C24H16N2O6. The molecule has 0 bridgehead atoms. The highest BCUT2D eigenvalue weighted by atomic mass is 16.3. The quantitative estimate of drug-likeness (QED) is 0.444. The molecular weight excluding hydrogens is 412 g/mol.